The van der Waals surface area contributed by atoms with Crippen LogP contribution in [0.3, 0.4) is 0 Å². The van der Waals surface area contributed by atoms with Gasteiger partial charge >= 0.3 is 0 Å². The molecule has 2 unspecified atom stereocenters. The first-order valence-corrected chi connectivity index (χ1v) is 12.6. The number of rotatable bonds is 6. The van der Waals surface area contributed by atoms with Gasteiger partial charge in [-0.1, -0.05) is 62.4 Å². The van der Waals surface area contributed by atoms with Gasteiger partial charge in [0.05, 0.1) is 12.7 Å². The molecule has 0 amide bonds. The van der Waals surface area contributed by atoms with Gasteiger partial charge in [0.2, 0.25) is 5.90 Å². The molecule has 6 heteroatoms. The maximum atomic E-state index is 13.3. The summed E-state index contributed by atoms with van der Waals surface area (Å²) in [6, 6.07) is 22.1. The highest BCUT2D eigenvalue weighted by Crippen LogP contribution is 2.48. The highest BCUT2D eigenvalue weighted by atomic mass is 16.5. The van der Waals surface area contributed by atoms with E-state index in [1.54, 1.807) is 0 Å². The van der Waals surface area contributed by atoms with Crippen molar-refractivity contribution in [3.05, 3.63) is 83.1 Å². The van der Waals surface area contributed by atoms with E-state index in [1.165, 1.54) is 0 Å². The van der Waals surface area contributed by atoms with Crippen LogP contribution in [0.2, 0.25) is 0 Å². The largest absolute Gasteiger partial charge is 0.490 e. The van der Waals surface area contributed by atoms with Crippen molar-refractivity contribution in [3.8, 4) is 17.6 Å². The number of nitrogens with zero attached hydrogens (tertiary/aromatic N) is 1. The first-order chi connectivity index (χ1) is 17.8. The molecule has 0 saturated carbocycles. The van der Waals surface area contributed by atoms with Gasteiger partial charge in [-0.3, -0.25) is 10.2 Å². The molecule has 188 valence electrons. The summed E-state index contributed by atoms with van der Waals surface area (Å²) in [4.78, 5) is 13.3. The fraction of sp³-hybridized carbons (Fsp3) is 0.323. The zero-order valence-electron chi connectivity index (χ0n) is 21.3. The molecule has 0 bridgehead atoms. The second kappa shape index (κ2) is 9.74. The van der Waals surface area contributed by atoms with Crippen molar-refractivity contribution >= 4 is 22.5 Å². The number of fused-ring (bicyclic) bond motifs is 1. The second-order valence-corrected chi connectivity index (χ2v) is 10.4. The zero-order valence-corrected chi connectivity index (χ0v) is 21.3. The number of allylic oxidation sites excluding steroid dienone is 2. The van der Waals surface area contributed by atoms with Gasteiger partial charge in [0.15, 0.2) is 17.3 Å². The summed E-state index contributed by atoms with van der Waals surface area (Å²) in [6.45, 7) is 6.73. The minimum absolute atomic E-state index is 0.0294. The molecule has 6 nitrogen and oxygen atoms in total. The number of Topliss-reactive ketones (excluding diaryl/α,β-unsaturated/α-hetero) is 1. The normalized spacial score (nSPS) is 20.7. The fourth-order valence-electron chi connectivity index (χ4n) is 5.40. The predicted molar refractivity (Wildman–Crippen MR) is 142 cm³/mol. The Morgan fingerprint density at radius 3 is 2.62 bits per heavy atom. The number of benzene rings is 3. The van der Waals surface area contributed by atoms with E-state index in [9.17, 15) is 10.1 Å². The summed E-state index contributed by atoms with van der Waals surface area (Å²) in [6.07, 6.45) is 0.928. The summed E-state index contributed by atoms with van der Waals surface area (Å²) in [7, 11) is 0. The smallest absolute Gasteiger partial charge is 0.205 e. The quantitative estimate of drug-likeness (QED) is 0.412. The molecule has 1 aliphatic carbocycles. The van der Waals surface area contributed by atoms with Crippen LogP contribution in [-0.2, 0) is 16.1 Å². The number of carbonyl (C=O) groups is 1. The summed E-state index contributed by atoms with van der Waals surface area (Å²) in [5.41, 5.74) is 2.06. The zero-order chi connectivity index (χ0) is 26.2. The van der Waals surface area contributed by atoms with Crippen LogP contribution in [-0.4, -0.2) is 18.3 Å². The van der Waals surface area contributed by atoms with Gasteiger partial charge < -0.3 is 14.2 Å². The van der Waals surface area contributed by atoms with E-state index >= 15 is 0 Å². The van der Waals surface area contributed by atoms with Crippen molar-refractivity contribution in [3.63, 3.8) is 0 Å². The number of hydrogen-bond donors (Lipinski definition) is 1. The van der Waals surface area contributed by atoms with E-state index < -0.39 is 11.8 Å². The molecule has 0 saturated heterocycles. The first-order valence-electron chi connectivity index (χ1n) is 12.6. The van der Waals surface area contributed by atoms with Gasteiger partial charge in [-0.2, -0.15) is 5.26 Å². The lowest BCUT2D eigenvalue weighted by molar-refractivity contribution is -0.119. The average Bonchev–Trinajstić information content (AvgIpc) is 2.86. The van der Waals surface area contributed by atoms with Crippen molar-refractivity contribution in [2.45, 2.75) is 46.1 Å². The highest BCUT2D eigenvalue weighted by molar-refractivity contribution is 6.02. The van der Waals surface area contributed by atoms with Crippen molar-refractivity contribution in [1.29, 1.82) is 10.7 Å². The number of nitrogens with one attached hydrogen (secondary N) is 1. The minimum Gasteiger partial charge on any atom is -0.490 e. The molecule has 3 aromatic rings. The molecule has 0 fully saturated rings. The van der Waals surface area contributed by atoms with Gasteiger partial charge in [0.1, 0.15) is 18.3 Å². The number of hydrogen-bond acceptors (Lipinski definition) is 6. The Bertz CT molecular complexity index is 1460. The van der Waals surface area contributed by atoms with Gasteiger partial charge in [-0.15, -0.1) is 0 Å². The Balaban J connectivity index is 1.51. The van der Waals surface area contributed by atoms with Crippen LogP contribution in [0.25, 0.3) is 10.8 Å². The maximum Gasteiger partial charge on any atom is 0.205 e. The molecule has 0 aromatic heterocycles. The van der Waals surface area contributed by atoms with Gasteiger partial charge in [-0.25, -0.2) is 0 Å². The molecule has 2 aliphatic rings. The second-order valence-electron chi connectivity index (χ2n) is 10.4. The minimum atomic E-state index is -0.888. The molecule has 0 radical (unpaired) electrons. The predicted octanol–water partition coefficient (Wildman–Crippen LogP) is 6.69. The van der Waals surface area contributed by atoms with Crippen LogP contribution in [0, 0.1) is 28.1 Å². The monoisotopic (exact) mass is 494 g/mol. The first kappa shape index (κ1) is 24.6. The van der Waals surface area contributed by atoms with E-state index in [4.69, 9.17) is 19.6 Å². The van der Waals surface area contributed by atoms with Gasteiger partial charge in [0.25, 0.3) is 0 Å². The molecule has 3 aromatic carbocycles. The summed E-state index contributed by atoms with van der Waals surface area (Å²) >= 11 is 0. The molecular formula is C31H30N2O4. The Hall–Kier alpha value is -4.11. The topological polar surface area (TPSA) is 92.4 Å². The Labute approximate surface area is 217 Å². The molecule has 37 heavy (non-hydrogen) atoms. The van der Waals surface area contributed by atoms with Crippen molar-refractivity contribution in [2.75, 3.05) is 6.61 Å². The maximum absolute atomic E-state index is 13.3. The lowest BCUT2D eigenvalue weighted by Gasteiger charge is -2.39. The summed E-state index contributed by atoms with van der Waals surface area (Å²) in [5.74, 6) is 0.0124. The van der Waals surface area contributed by atoms with E-state index in [0.717, 1.165) is 21.9 Å². The van der Waals surface area contributed by atoms with Crippen molar-refractivity contribution in [2.24, 2.45) is 11.3 Å². The van der Waals surface area contributed by atoms with Crippen molar-refractivity contribution < 1.29 is 19.0 Å². The van der Waals surface area contributed by atoms with Crippen LogP contribution in [0.4, 0.5) is 0 Å². The molecule has 5 rings (SSSR count). The number of carbonyl (C=O) groups excluding carboxylic acids is 1. The van der Waals surface area contributed by atoms with Crippen LogP contribution >= 0.6 is 0 Å². The molecular weight excluding hydrogens is 464 g/mol. The lowest BCUT2D eigenvalue weighted by Crippen LogP contribution is -2.38. The molecule has 1 aliphatic heterocycles. The van der Waals surface area contributed by atoms with Crippen LogP contribution < -0.4 is 9.47 Å². The fourth-order valence-corrected chi connectivity index (χ4v) is 5.40. The lowest BCUT2D eigenvalue weighted by atomic mass is 9.68. The van der Waals surface area contributed by atoms with Gasteiger partial charge in [0, 0.05) is 24.3 Å². The molecule has 0 spiro atoms. The van der Waals surface area contributed by atoms with Gasteiger partial charge in [-0.05, 0) is 46.4 Å². The summed E-state index contributed by atoms with van der Waals surface area (Å²) in [5, 5.41) is 20.6. The number of ketones is 1. The Morgan fingerprint density at radius 1 is 1.05 bits per heavy atom. The number of nitriles is 1. The third-order valence-electron chi connectivity index (χ3n) is 7.07. The summed E-state index contributed by atoms with van der Waals surface area (Å²) < 4.78 is 17.9. The Kier molecular flexibility index (Phi) is 6.47. The van der Waals surface area contributed by atoms with E-state index in [-0.39, 0.29) is 17.1 Å². The third kappa shape index (κ3) is 4.70. The van der Waals surface area contributed by atoms with Crippen molar-refractivity contribution in [1.82, 2.24) is 0 Å². The Morgan fingerprint density at radius 2 is 1.84 bits per heavy atom. The average molecular weight is 495 g/mol. The SMILES string of the molecule is CCOc1cc(C2C3=C(CC(C)(C)CC3=O)OC(=N)C2C#N)ccc1OCc1cccc2ccccc12. The van der Waals surface area contributed by atoms with E-state index in [1.807, 2.05) is 63.2 Å². The van der Waals surface area contributed by atoms with Crippen LogP contribution in [0.5, 0.6) is 11.5 Å². The third-order valence-corrected chi connectivity index (χ3v) is 7.07. The number of ether oxygens (including phenoxy) is 3. The van der Waals surface area contributed by atoms with Crippen LogP contribution in [0.1, 0.15) is 50.7 Å². The standard InChI is InChI=1S/C31H30N2O4/c1-4-35-26-14-20(12-13-25(26)36-18-21-10-7-9-19-8-5-6-11-22(19)21)28-23(17-32)30(33)37-27-16-31(2,3)15-24(34)29(27)28/h5-14,23,28,33H,4,15-16,18H2,1-3H3. The molecule has 2 atom stereocenters. The van der Waals surface area contributed by atoms with E-state index in [2.05, 4.69) is 24.3 Å². The highest BCUT2D eigenvalue weighted by Gasteiger charge is 2.46. The van der Waals surface area contributed by atoms with Crippen LogP contribution in [0.15, 0.2) is 72.0 Å². The molecule has 1 heterocycles. The van der Waals surface area contributed by atoms with E-state index in [0.29, 0.717) is 48.9 Å². The molecule has 1 N–H and O–H groups in total.